The molecule has 90 valence electrons. The normalized spacial score (nSPS) is 19.8. The molecule has 0 radical (unpaired) electrons. The van der Waals surface area contributed by atoms with Gasteiger partial charge in [-0.25, -0.2) is 0 Å². The maximum absolute atomic E-state index is 6.44. The Balaban J connectivity index is 2.24. The van der Waals surface area contributed by atoms with Crippen LogP contribution in [-0.2, 0) is 5.41 Å². The first-order chi connectivity index (χ1) is 8.29. The third-order valence-electron chi connectivity index (χ3n) is 4.15. The van der Waals surface area contributed by atoms with Gasteiger partial charge < -0.3 is 5.73 Å². The van der Waals surface area contributed by atoms with Gasteiger partial charge in [-0.3, -0.25) is 0 Å². The van der Waals surface area contributed by atoms with E-state index in [2.05, 4.69) is 36.3 Å². The number of nitrogens with two attached hydrogens (primary N) is 1. The smallest absolute Gasteiger partial charge is 0.0145 e. The molecule has 1 aromatic rings. The van der Waals surface area contributed by atoms with Gasteiger partial charge in [-0.05, 0) is 24.8 Å². The summed E-state index contributed by atoms with van der Waals surface area (Å²) in [6, 6.07) is 10.9. The molecule has 1 heteroatoms. The molecule has 0 saturated heterocycles. The Hall–Kier alpha value is -1.26. The van der Waals surface area contributed by atoms with Crippen molar-refractivity contribution >= 4 is 0 Å². The lowest BCUT2D eigenvalue weighted by Crippen LogP contribution is -2.43. The number of hydrogen-bond donors (Lipinski definition) is 1. The summed E-state index contributed by atoms with van der Waals surface area (Å²) in [7, 11) is 0. The van der Waals surface area contributed by atoms with Gasteiger partial charge in [0.25, 0.3) is 0 Å². The Morgan fingerprint density at radius 1 is 1.24 bits per heavy atom. The maximum Gasteiger partial charge on any atom is 0.0145 e. The number of rotatable bonds is 4. The van der Waals surface area contributed by atoms with Crippen LogP contribution in [0.1, 0.15) is 44.1 Å². The molecule has 0 heterocycles. The lowest BCUT2D eigenvalue weighted by Gasteiger charge is -2.36. The summed E-state index contributed by atoms with van der Waals surface area (Å²) in [5.74, 6) is 2.71. The van der Waals surface area contributed by atoms with E-state index in [0.29, 0.717) is 0 Å². The van der Waals surface area contributed by atoms with Crippen LogP contribution in [0.5, 0.6) is 0 Å². The van der Waals surface area contributed by atoms with E-state index in [1.165, 1.54) is 31.2 Å². The van der Waals surface area contributed by atoms with Gasteiger partial charge in [0, 0.05) is 17.9 Å². The monoisotopic (exact) mass is 227 g/mol. The summed E-state index contributed by atoms with van der Waals surface area (Å²) < 4.78 is 0. The van der Waals surface area contributed by atoms with Crippen molar-refractivity contribution in [3.8, 4) is 12.3 Å². The molecule has 1 saturated carbocycles. The first-order valence-corrected chi connectivity index (χ1v) is 6.54. The van der Waals surface area contributed by atoms with Crippen LogP contribution in [0.3, 0.4) is 0 Å². The first-order valence-electron chi connectivity index (χ1n) is 6.54. The topological polar surface area (TPSA) is 26.0 Å². The van der Waals surface area contributed by atoms with Crippen molar-refractivity contribution in [3.63, 3.8) is 0 Å². The van der Waals surface area contributed by atoms with Crippen molar-refractivity contribution in [2.45, 2.75) is 50.0 Å². The second-order valence-electron chi connectivity index (χ2n) is 5.08. The Morgan fingerprint density at radius 3 is 2.47 bits per heavy atom. The van der Waals surface area contributed by atoms with Crippen molar-refractivity contribution in [2.24, 2.45) is 5.73 Å². The van der Waals surface area contributed by atoms with Gasteiger partial charge in [-0.15, -0.1) is 12.3 Å². The highest BCUT2D eigenvalue weighted by molar-refractivity contribution is 5.29. The fourth-order valence-electron chi connectivity index (χ4n) is 3.16. The Bertz CT molecular complexity index is 382. The maximum atomic E-state index is 6.44. The molecule has 0 bridgehead atoms. The standard InChI is InChI=1S/C16H21N/c1-2-3-11-15(17)16(12-7-8-13-16)14-9-5-4-6-10-14/h1,4-6,9-10,15H,3,7-8,11-13,17H2. The molecule has 0 spiro atoms. The summed E-state index contributed by atoms with van der Waals surface area (Å²) in [4.78, 5) is 0. The molecule has 2 rings (SSSR count). The lowest BCUT2D eigenvalue weighted by atomic mass is 9.71. The van der Waals surface area contributed by atoms with E-state index >= 15 is 0 Å². The summed E-state index contributed by atoms with van der Waals surface area (Å²) in [6.07, 6.45) is 12.1. The molecule has 1 nitrogen and oxygen atoms in total. The molecule has 1 aromatic carbocycles. The van der Waals surface area contributed by atoms with Crippen molar-refractivity contribution < 1.29 is 0 Å². The highest BCUT2D eigenvalue weighted by atomic mass is 14.7. The van der Waals surface area contributed by atoms with E-state index in [1.54, 1.807) is 0 Å². The Labute approximate surface area is 104 Å². The predicted molar refractivity (Wildman–Crippen MR) is 72.6 cm³/mol. The fraction of sp³-hybridized carbons (Fsp3) is 0.500. The molecule has 1 aliphatic rings. The highest BCUT2D eigenvalue weighted by Gasteiger charge is 2.40. The quantitative estimate of drug-likeness (QED) is 0.785. The molecule has 0 amide bonds. The molecule has 1 aliphatic carbocycles. The number of terminal acetylenes is 1. The van der Waals surface area contributed by atoms with Crippen LogP contribution in [0, 0.1) is 12.3 Å². The van der Waals surface area contributed by atoms with Crippen LogP contribution < -0.4 is 5.73 Å². The summed E-state index contributed by atoms with van der Waals surface area (Å²) in [5.41, 5.74) is 8.02. The zero-order valence-electron chi connectivity index (χ0n) is 10.4. The average Bonchev–Trinajstić information content (AvgIpc) is 2.87. The molecule has 1 unspecified atom stereocenters. The largest absolute Gasteiger partial charge is 0.327 e. The van der Waals surface area contributed by atoms with Gasteiger partial charge >= 0.3 is 0 Å². The van der Waals surface area contributed by atoms with Crippen molar-refractivity contribution in [3.05, 3.63) is 35.9 Å². The minimum atomic E-state index is 0.179. The van der Waals surface area contributed by atoms with E-state index in [1.807, 2.05) is 0 Å². The van der Waals surface area contributed by atoms with E-state index in [0.717, 1.165) is 12.8 Å². The predicted octanol–water partition coefficient (Wildman–Crippen LogP) is 3.24. The van der Waals surface area contributed by atoms with Gasteiger partial charge in [0.05, 0.1) is 0 Å². The SMILES string of the molecule is C#CCCC(N)C1(c2ccccc2)CCCC1. The van der Waals surface area contributed by atoms with Gasteiger partial charge in [0.2, 0.25) is 0 Å². The second kappa shape index (κ2) is 5.38. The van der Waals surface area contributed by atoms with Crippen molar-refractivity contribution in [1.29, 1.82) is 0 Å². The molecular weight excluding hydrogens is 206 g/mol. The van der Waals surface area contributed by atoms with Crippen LogP contribution in [0.25, 0.3) is 0 Å². The van der Waals surface area contributed by atoms with Crippen LogP contribution in [0.2, 0.25) is 0 Å². The zero-order chi connectivity index (χ0) is 12.1. The van der Waals surface area contributed by atoms with E-state index < -0.39 is 0 Å². The third-order valence-corrected chi connectivity index (χ3v) is 4.15. The van der Waals surface area contributed by atoms with Gasteiger partial charge in [0.1, 0.15) is 0 Å². The molecule has 17 heavy (non-hydrogen) atoms. The van der Waals surface area contributed by atoms with Crippen molar-refractivity contribution in [2.75, 3.05) is 0 Å². The number of hydrogen-bond acceptors (Lipinski definition) is 1. The minimum absolute atomic E-state index is 0.179. The van der Waals surface area contributed by atoms with Gasteiger partial charge in [-0.1, -0.05) is 43.2 Å². The molecule has 1 atom stereocenters. The molecule has 2 N–H and O–H groups in total. The van der Waals surface area contributed by atoms with Crippen LogP contribution >= 0.6 is 0 Å². The number of benzene rings is 1. The van der Waals surface area contributed by atoms with Gasteiger partial charge in [-0.2, -0.15) is 0 Å². The lowest BCUT2D eigenvalue weighted by molar-refractivity contribution is 0.336. The van der Waals surface area contributed by atoms with E-state index in [4.69, 9.17) is 12.2 Å². The Kier molecular flexibility index (Phi) is 3.86. The summed E-state index contributed by atoms with van der Waals surface area (Å²) in [6.45, 7) is 0. The van der Waals surface area contributed by atoms with Crippen molar-refractivity contribution in [1.82, 2.24) is 0 Å². The first kappa shape index (κ1) is 12.2. The molecule has 1 fully saturated rings. The third kappa shape index (κ3) is 2.37. The van der Waals surface area contributed by atoms with E-state index in [9.17, 15) is 0 Å². The van der Waals surface area contributed by atoms with Crippen LogP contribution in [-0.4, -0.2) is 6.04 Å². The fourth-order valence-corrected chi connectivity index (χ4v) is 3.16. The summed E-state index contributed by atoms with van der Waals surface area (Å²) >= 11 is 0. The highest BCUT2D eigenvalue weighted by Crippen LogP contribution is 2.44. The molecule has 0 aliphatic heterocycles. The molecule has 0 aromatic heterocycles. The zero-order valence-corrected chi connectivity index (χ0v) is 10.4. The Morgan fingerprint density at radius 2 is 1.88 bits per heavy atom. The van der Waals surface area contributed by atoms with Gasteiger partial charge in [0.15, 0.2) is 0 Å². The van der Waals surface area contributed by atoms with Crippen LogP contribution in [0.4, 0.5) is 0 Å². The summed E-state index contributed by atoms with van der Waals surface area (Å²) in [5, 5.41) is 0. The van der Waals surface area contributed by atoms with E-state index in [-0.39, 0.29) is 11.5 Å². The average molecular weight is 227 g/mol. The molecular formula is C16H21N. The van der Waals surface area contributed by atoms with Crippen LogP contribution in [0.15, 0.2) is 30.3 Å². The minimum Gasteiger partial charge on any atom is -0.327 e. The second-order valence-corrected chi connectivity index (χ2v) is 5.08.